The zero-order valence-corrected chi connectivity index (χ0v) is 14.4. The molecule has 1 heterocycles. The quantitative estimate of drug-likeness (QED) is 0.603. The molecule has 24 heavy (non-hydrogen) atoms. The van der Waals surface area contributed by atoms with Crippen LogP contribution in [0.4, 0.5) is 0 Å². The maximum absolute atomic E-state index is 12.3. The van der Waals surface area contributed by atoms with Gasteiger partial charge in [0.05, 0.1) is 24.1 Å². The zero-order valence-electron chi connectivity index (χ0n) is 12.9. The van der Waals surface area contributed by atoms with E-state index in [1.54, 1.807) is 24.3 Å². The van der Waals surface area contributed by atoms with E-state index in [9.17, 15) is 14.4 Å². The first kappa shape index (κ1) is 18.2. The molecule has 7 nitrogen and oxygen atoms in total. The van der Waals surface area contributed by atoms with Crippen molar-refractivity contribution in [2.75, 3.05) is 20.2 Å². The summed E-state index contributed by atoms with van der Waals surface area (Å²) in [6.45, 7) is 0.730. The smallest absolute Gasteiger partial charge is 0.308 e. The number of nitrogens with one attached hydrogen (secondary N) is 2. The van der Waals surface area contributed by atoms with E-state index in [0.29, 0.717) is 18.1 Å². The van der Waals surface area contributed by atoms with E-state index in [4.69, 9.17) is 23.8 Å². The fourth-order valence-electron chi connectivity index (χ4n) is 2.28. The number of esters is 1. The van der Waals surface area contributed by atoms with Crippen LogP contribution in [0, 0.1) is 0 Å². The third-order valence-electron chi connectivity index (χ3n) is 3.52. The van der Waals surface area contributed by atoms with Gasteiger partial charge >= 0.3 is 5.97 Å². The average Bonchev–Trinajstić information content (AvgIpc) is 2.56. The van der Waals surface area contributed by atoms with E-state index in [-0.39, 0.29) is 23.0 Å². The molecule has 128 valence electrons. The maximum atomic E-state index is 12.3. The minimum Gasteiger partial charge on any atom is -0.469 e. The fraction of sp³-hybridized carbons (Fsp3) is 0.333. The Hall–Kier alpha value is -2.19. The summed E-state index contributed by atoms with van der Waals surface area (Å²) >= 11 is 11.2. The molecule has 1 saturated heterocycles. The van der Waals surface area contributed by atoms with Crippen LogP contribution in [0.3, 0.4) is 0 Å². The van der Waals surface area contributed by atoms with Crippen molar-refractivity contribution < 1.29 is 19.1 Å². The second kappa shape index (κ2) is 8.07. The molecule has 1 aliphatic rings. The SMILES string of the molecule is COC(=O)CC1C(=O)NCCN1C(=S)NC(=O)c1ccccc1Cl. The number of benzene rings is 1. The van der Waals surface area contributed by atoms with Crippen LogP contribution in [0.5, 0.6) is 0 Å². The van der Waals surface area contributed by atoms with Gasteiger partial charge in [-0.2, -0.15) is 0 Å². The Labute approximate surface area is 149 Å². The second-order valence-corrected chi connectivity index (χ2v) is 5.81. The maximum Gasteiger partial charge on any atom is 0.308 e. The molecule has 2 amide bonds. The van der Waals surface area contributed by atoms with E-state index in [1.807, 2.05) is 0 Å². The minimum atomic E-state index is -0.828. The van der Waals surface area contributed by atoms with Crippen molar-refractivity contribution in [1.29, 1.82) is 0 Å². The number of nitrogens with zero attached hydrogens (tertiary/aromatic N) is 1. The average molecular weight is 370 g/mol. The van der Waals surface area contributed by atoms with Crippen molar-refractivity contribution in [1.82, 2.24) is 15.5 Å². The summed E-state index contributed by atoms with van der Waals surface area (Å²) < 4.78 is 4.60. The third-order valence-corrected chi connectivity index (χ3v) is 4.18. The minimum absolute atomic E-state index is 0.0590. The molecule has 0 aromatic heterocycles. The number of hydrogen-bond acceptors (Lipinski definition) is 5. The molecule has 1 aromatic rings. The Bertz CT molecular complexity index is 682. The van der Waals surface area contributed by atoms with Crippen LogP contribution in [0.1, 0.15) is 16.8 Å². The van der Waals surface area contributed by atoms with Gasteiger partial charge in [-0.3, -0.25) is 19.7 Å². The number of halogens is 1. The van der Waals surface area contributed by atoms with Gasteiger partial charge in [0, 0.05) is 13.1 Å². The normalized spacial score (nSPS) is 17.0. The van der Waals surface area contributed by atoms with Crippen LogP contribution in [0.2, 0.25) is 5.02 Å². The molecule has 1 aromatic carbocycles. The molecule has 1 aliphatic heterocycles. The topological polar surface area (TPSA) is 87.7 Å². The van der Waals surface area contributed by atoms with Gasteiger partial charge in [-0.25, -0.2) is 0 Å². The highest BCUT2D eigenvalue weighted by molar-refractivity contribution is 7.80. The first-order chi connectivity index (χ1) is 11.4. The monoisotopic (exact) mass is 369 g/mol. The number of carbonyl (C=O) groups is 3. The Balaban J connectivity index is 2.11. The standard InChI is InChI=1S/C15H16ClN3O4S/c1-23-12(20)8-11-14(22)17-6-7-19(11)15(24)18-13(21)9-4-2-3-5-10(9)16/h2-5,11H,6-8H2,1H3,(H,17,22)(H,18,21,24). The molecule has 0 spiro atoms. The van der Waals surface area contributed by atoms with Crippen molar-refractivity contribution in [3.05, 3.63) is 34.9 Å². The van der Waals surface area contributed by atoms with E-state index in [2.05, 4.69) is 15.4 Å². The first-order valence-corrected chi connectivity index (χ1v) is 7.93. The molecule has 1 atom stereocenters. The van der Waals surface area contributed by atoms with E-state index >= 15 is 0 Å². The number of thiocarbonyl (C=S) groups is 1. The Kier molecular flexibility index (Phi) is 6.10. The van der Waals surface area contributed by atoms with Crippen LogP contribution in [0.15, 0.2) is 24.3 Å². The summed E-state index contributed by atoms with van der Waals surface area (Å²) in [6, 6.07) is 5.71. The summed E-state index contributed by atoms with van der Waals surface area (Å²) in [7, 11) is 1.24. The molecular formula is C15H16ClN3O4S. The number of carbonyl (C=O) groups excluding carboxylic acids is 3. The van der Waals surface area contributed by atoms with Gasteiger partial charge in [0.15, 0.2) is 5.11 Å². The lowest BCUT2D eigenvalue weighted by molar-refractivity contribution is -0.144. The molecule has 1 unspecified atom stereocenters. The van der Waals surface area contributed by atoms with Crippen LogP contribution < -0.4 is 10.6 Å². The molecule has 0 aliphatic carbocycles. The molecule has 0 radical (unpaired) electrons. The van der Waals surface area contributed by atoms with E-state index in [1.165, 1.54) is 12.0 Å². The van der Waals surface area contributed by atoms with Gasteiger partial charge in [-0.15, -0.1) is 0 Å². The summed E-state index contributed by atoms with van der Waals surface area (Å²) in [4.78, 5) is 37.3. The molecule has 2 N–H and O–H groups in total. The van der Waals surface area contributed by atoms with Gasteiger partial charge in [0.25, 0.3) is 5.91 Å². The number of amides is 2. The predicted octanol–water partition coefficient (Wildman–Crippen LogP) is 0.718. The number of rotatable bonds is 3. The van der Waals surface area contributed by atoms with Gasteiger partial charge < -0.3 is 15.0 Å². The van der Waals surface area contributed by atoms with E-state index < -0.39 is 17.9 Å². The van der Waals surface area contributed by atoms with Gasteiger partial charge in [-0.1, -0.05) is 23.7 Å². The Morgan fingerprint density at radius 3 is 2.83 bits per heavy atom. The molecular weight excluding hydrogens is 354 g/mol. The van der Waals surface area contributed by atoms with Crippen LogP contribution >= 0.6 is 23.8 Å². The molecule has 0 bridgehead atoms. The summed E-state index contributed by atoms with van der Waals surface area (Å²) in [5, 5.41) is 5.56. The molecule has 2 rings (SSSR count). The van der Waals surface area contributed by atoms with Crippen LogP contribution in [0.25, 0.3) is 0 Å². The lowest BCUT2D eigenvalue weighted by Crippen LogP contribution is -2.60. The first-order valence-electron chi connectivity index (χ1n) is 7.15. The van der Waals surface area contributed by atoms with Crippen molar-refractivity contribution in [3.63, 3.8) is 0 Å². The lowest BCUT2D eigenvalue weighted by Gasteiger charge is -2.36. The van der Waals surface area contributed by atoms with Crippen molar-refractivity contribution >= 4 is 46.7 Å². The molecule has 1 fully saturated rings. The molecule has 9 heteroatoms. The van der Waals surface area contributed by atoms with Crippen molar-refractivity contribution in [3.8, 4) is 0 Å². The summed E-state index contributed by atoms with van der Waals surface area (Å²) in [5.74, 6) is -1.36. The number of ether oxygens (including phenoxy) is 1. The number of piperazine rings is 1. The highest BCUT2D eigenvalue weighted by atomic mass is 35.5. The highest BCUT2D eigenvalue weighted by Crippen LogP contribution is 2.15. The number of methoxy groups -OCH3 is 1. The van der Waals surface area contributed by atoms with Gasteiger partial charge in [0.2, 0.25) is 5.91 Å². The molecule has 0 saturated carbocycles. The number of hydrogen-bond donors (Lipinski definition) is 2. The zero-order chi connectivity index (χ0) is 17.7. The Morgan fingerprint density at radius 1 is 1.46 bits per heavy atom. The van der Waals surface area contributed by atoms with Gasteiger partial charge in [-0.05, 0) is 24.4 Å². The third kappa shape index (κ3) is 4.21. The van der Waals surface area contributed by atoms with Crippen LogP contribution in [-0.2, 0) is 14.3 Å². The van der Waals surface area contributed by atoms with Gasteiger partial charge in [0.1, 0.15) is 6.04 Å². The Morgan fingerprint density at radius 2 is 2.17 bits per heavy atom. The van der Waals surface area contributed by atoms with Crippen LogP contribution in [-0.4, -0.2) is 54.0 Å². The second-order valence-electron chi connectivity index (χ2n) is 5.02. The largest absolute Gasteiger partial charge is 0.469 e. The summed E-state index contributed by atoms with van der Waals surface area (Å²) in [6.07, 6.45) is -0.162. The highest BCUT2D eigenvalue weighted by Gasteiger charge is 2.34. The van der Waals surface area contributed by atoms with Crippen molar-refractivity contribution in [2.45, 2.75) is 12.5 Å². The van der Waals surface area contributed by atoms with Crippen molar-refractivity contribution in [2.24, 2.45) is 0 Å². The van der Waals surface area contributed by atoms with E-state index in [0.717, 1.165) is 0 Å². The summed E-state index contributed by atoms with van der Waals surface area (Å²) in [5.41, 5.74) is 0.271. The fourth-order valence-corrected chi connectivity index (χ4v) is 2.82. The predicted molar refractivity (Wildman–Crippen MR) is 91.7 cm³/mol. The lowest BCUT2D eigenvalue weighted by atomic mass is 10.1.